The third-order valence-electron chi connectivity index (χ3n) is 2.41. The van der Waals surface area contributed by atoms with Crippen LogP contribution in [0.1, 0.15) is 22.0 Å². The Labute approximate surface area is 121 Å². The van der Waals surface area contributed by atoms with E-state index in [2.05, 4.69) is 26.3 Å². The summed E-state index contributed by atoms with van der Waals surface area (Å²) >= 11 is 4.61. The SMILES string of the molecule is Cn1cc(C(NC(=O)c2csc(Br)c2)C(=O)O)cn1. The van der Waals surface area contributed by atoms with Gasteiger partial charge in [-0.2, -0.15) is 5.10 Å². The number of hydrogen-bond donors (Lipinski definition) is 2. The van der Waals surface area contributed by atoms with Crippen molar-refractivity contribution < 1.29 is 14.7 Å². The summed E-state index contributed by atoms with van der Waals surface area (Å²) in [5.41, 5.74) is 0.852. The van der Waals surface area contributed by atoms with Crippen LogP contribution in [-0.2, 0) is 11.8 Å². The highest BCUT2D eigenvalue weighted by Crippen LogP contribution is 2.21. The molecule has 0 saturated heterocycles. The molecule has 0 aliphatic carbocycles. The van der Waals surface area contributed by atoms with E-state index in [1.54, 1.807) is 24.7 Å². The van der Waals surface area contributed by atoms with Gasteiger partial charge >= 0.3 is 5.97 Å². The number of aryl methyl sites for hydroxylation is 1. The van der Waals surface area contributed by atoms with E-state index >= 15 is 0 Å². The fourth-order valence-corrected chi connectivity index (χ4v) is 2.66. The normalized spacial score (nSPS) is 12.1. The Bertz CT molecular complexity index is 622. The predicted octanol–water partition coefficient (Wildman–Crippen LogP) is 1.80. The van der Waals surface area contributed by atoms with Crippen molar-refractivity contribution in [3.8, 4) is 0 Å². The zero-order valence-corrected chi connectivity index (χ0v) is 12.2. The minimum Gasteiger partial charge on any atom is -0.479 e. The molecule has 19 heavy (non-hydrogen) atoms. The van der Waals surface area contributed by atoms with Gasteiger partial charge in [-0.3, -0.25) is 9.48 Å². The van der Waals surface area contributed by atoms with E-state index in [-0.39, 0.29) is 0 Å². The Balaban J connectivity index is 2.18. The molecule has 1 amide bonds. The summed E-state index contributed by atoms with van der Waals surface area (Å²) in [6.45, 7) is 0. The number of nitrogens with zero attached hydrogens (tertiary/aromatic N) is 2. The van der Waals surface area contributed by atoms with Gasteiger partial charge in [0.05, 0.1) is 15.5 Å². The van der Waals surface area contributed by atoms with Gasteiger partial charge in [-0.15, -0.1) is 11.3 Å². The molecule has 0 radical (unpaired) electrons. The van der Waals surface area contributed by atoms with Crippen LogP contribution in [0, 0.1) is 0 Å². The quantitative estimate of drug-likeness (QED) is 0.886. The first-order chi connectivity index (χ1) is 8.97. The van der Waals surface area contributed by atoms with Crippen LogP contribution >= 0.6 is 27.3 Å². The first-order valence-corrected chi connectivity index (χ1v) is 6.91. The molecule has 0 bridgehead atoms. The number of nitrogens with one attached hydrogen (secondary N) is 1. The highest BCUT2D eigenvalue weighted by Gasteiger charge is 2.24. The van der Waals surface area contributed by atoms with Gasteiger partial charge in [-0.05, 0) is 22.0 Å². The van der Waals surface area contributed by atoms with Crippen molar-refractivity contribution >= 4 is 39.1 Å². The first kappa shape index (κ1) is 13.8. The average Bonchev–Trinajstić information content (AvgIpc) is 2.94. The second-order valence-corrected chi connectivity index (χ2v) is 6.12. The number of rotatable bonds is 4. The van der Waals surface area contributed by atoms with Gasteiger partial charge in [-0.25, -0.2) is 4.79 Å². The summed E-state index contributed by atoms with van der Waals surface area (Å²) in [5, 5.41) is 17.2. The van der Waals surface area contributed by atoms with Gasteiger partial charge < -0.3 is 10.4 Å². The van der Waals surface area contributed by atoms with E-state index in [1.807, 2.05) is 0 Å². The van der Waals surface area contributed by atoms with Gasteiger partial charge in [0, 0.05) is 24.2 Å². The van der Waals surface area contributed by atoms with Crippen molar-refractivity contribution in [1.29, 1.82) is 0 Å². The number of halogens is 1. The molecule has 2 N–H and O–H groups in total. The Morgan fingerprint density at radius 2 is 2.32 bits per heavy atom. The zero-order chi connectivity index (χ0) is 14.0. The molecule has 2 rings (SSSR count). The van der Waals surface area contributed by atoms with Gasteiger partial charge in [-0.1, -0.05) is 0 Å². The number of carboxylic acid groups (broad SMARTS) is 1. The van der Waals surface area contributed by atoms with Crippen LogP contribution in [0.3, 0.4) is 0 Å². The molecule has 0 spiro atoms. The first-order valence-electron chi connectivity index (χ1n) is 5.23. The summed E-state index contributed by atoms with van der Waals surface area (Å²) in [4.78, 5) is 23.2. The average molecular weight is 344 g/mol. The largest absolute Gasteiger partial charge is 0.479 e. The maximum absolute atomic E-state index is 11.9. The Kier molecular flexibility index (Phi) is 4.01. The van der Waals surface area contributed by atoms with E-state index in [9.17, 15) is 14.7 Å². The lowest BCUT2D eigenvalue weighted by atomic mass is 10.1. The molecule has 1 atom stereocenters. The van der Waals surface area contributed by atoms with Crippen molar-refractivity contribution in [3.05, 3.63) is 38.8 Å². The highest BCUT2D eigenvalue weighted by molar-refractivity contribution is 9.11. The highest BCUT2D eigenvalue weighted by atomic mass is 79.9. The minimum atomic E-state index is -1.13. The molecule has 0 aromatic carbocycles. The summed E-state index contributed by atoms with van der Waals surface area (Å²) in [6, 6.07) is 0.530. The molecule has 1 unspecified atom stereocenters. The van der Waals surface area contributed by atoms with E-state index in [4.69, 9.17) is 0 Å². The van der Waals surface area contributed by atoms with Crippen LogP contribution in [-0.4, -0.2) is 26.8 Å². The molecule has 2 heterocycles. The van der Waals surface area contributed by atoms with Gasteiger partial charge in [0.25, 0.3) is 5.91 Å². The summed E-state index contributed by atoms with van der Waals surface area (Å²) in [5.74, 6) is -1.56. The number of thiophene rings is 1. The maximum Gasteiger partial charge on any atom is 0.331 e. The molecule has 6 nitrogen and oxygen atoms in total. The topological polar surface area (TPSA) is 84.2 Å². The predicted molar refractivity (Wildman–Crippen MR) is 73.1 cm³/mol. The van der Waals surface area contributed by atoms with Crippen molar-refractivity contribution in [2.45, 2.75) is 6.04 Å². The molecule has 8 heteroatoms. The van der Waals surface area contributed by atoms with Gasteiger partial charge in [0.1, 0.15) is 0 Å². The second-order valence-electron chi connectivity index (χ2n) is 3.83. The summed E-state index contributed by atoms with van der Waals surface area (Å²) in [6.07, 6.45) is 2.98. The van der Waals surface area contributed by atoms with Crippen molar-refractivity contribution in [1.82, 2.24) is 15.1 Å². The van der Waals surface area contributed by atoms with Crippen LogP contribution in [0.4, 0.5) is 0 Å². The summed E-state index contributed by atoms with van der Waals surface area (Å²) < 4.78 is 2.30. The van der Waals surface area contributed by atoms with Crippen molar-refractivity contribution in [2.75, 3.05) is 0 Å². The lowest BCUT2D eigenvalue weighted by Crippen LogP contribution is -2.33. The number of aromatic nitrogens is 2. The number of hydrogen-bond acceptors (Lipinski definition) is 4. The molecule has 0 saturated carbocycles. The van der Waals surface area contributed by atoms with Crippen LogP contribution < -0.4 is 5.32 Å². The zero-order valence-electron chi connectivity index (χ0n) is 9.83. The van der Waals surface area contributed by atoms with Crippen LogP contribution in [0.2, 0.25) is 0 Å². The number of carbonyl (C=O) groups is 2. The number of amides is 1. The Hall–Kier alpha value is -1.67. The van der Waals surface area contributed by atoms with Gasteiger partial charge in [0.15, 0.2) is 6.04 Å². The molecular formula is C11H10BrN3O3S. The van der Waals surface area contributed by atoms with Crippen molar-refractivity contribution in [2.24, 2.45) is 7.05 Å². The fraction of sp³-hybridized carbons (Fsp3) is 0.182. The Morgan fingerprint density at radius 1 is 1.58 bits per heavy atom. The molecular weight excluding hydrogens is 334 g/mol. The van der Waals surface area contributed by atoms with E-state index < -0.39 is 17.9 Å². The molecule has 100 valence electrons. The fourth-order valence-electron chi connectivity index (χ4n) is 1.52. The lowest BCUT2D eigenvalue weighted by Gasteiger charge is -2.12. The maximum atomic E-state index is 11.9. The molecule has 2 aromatic rings. The molecule has 0 aliphatic heterocycles. The number of aliphatic carboxylic acids is 1. The molecule has 2 aromatic heterocycles. The van der Waals surface area contributed by atoms with E-state index in [0.29, 0.717) is 11.1 Å². The van der Waals surface area contributed by atoms with E-state index in [0.717, 1.165) is 3.79 Å². The van der Waals surface area contributed by atoms with Crippen molar-refractivity contribution in [3.63, 3.8) is 0 Å². The minimum absolute atomic E-state index is 0.423. The smallest absolute Gasteiger partial charge is 0.331 e. The third-order valence-corrected chi connectivity index (χ3v) is 3.91. The molecule has 0 aliphatic rings. The van der Waals surface area contributed by atoms with Crippen LogP contribution in [0.15, 0.2) is 27.6 Å². The third kappa shape index (κ3) is 3.21. The van der Waals surface area contributed by atoms with Crippen LogP contribution in [0.25, 0.3) is 0 Å². The van der Waals surface area contributed by atoms with Crippen LogP contribution in [0.5, 0.6) is 0 Å². The monoisotopic (exact) mass is 343 g/mol. The number of carbonyl (C=O) groups excluding carboxylic acids is 1. The standard InChI is InChI=1S/C11H10BrN3O3S/c1-15-4-7(3-13-15)9(11(17)18)14-10(16)6-2-8(12)19-5-6/h2-5,9H,1H3,(H,14,16)(H,17,18). The van der Waals surface area contributed by atoms with E-state index in [1.165, 1.54) is 22.2 Å². The Morgan fingerprint density at radius 3 is 2.79 bits per heavy atom. The second kappa shape index (κ2) is 5.54. The lowest BCUT2D eigenvalue weighted by molar-refractivity contribution is -0.139. The molecule has 0 fully saturated rings. The number of carboxylic acids is 1. The summed E-state index contributed by atoms with van der Waals surface area (Å²) in [7, 11) is 1.68. The van der Waals surface area contributed by atoms with Gasteiger partial charge in [0.2, 0.25) is 0 Å².